The highest BCUT2D eigenvalue weighted by Crippen LogP contribution is 2.30. The van der Waals surface area contributed by atoms with Crippen LogP contribution in [-0.2, 0) is 0 Å². The zero-order valence-corrected chi connectivity index (χ0v) is 11.6. The lowest BCUT2D eigenvalue weighted by Crippen LogP contribution is -2.22. The molecule has 1 unspecified atom stereocenters. The summed E-state index contributed by atoms with van der Waals surface area (Å²) in [7, 11) is 1.64. The molecule has 4 nitrogen and oxygen atoms in total. The average molecular weight is 253 g/mol. The number of nitrogens with one attached hydrogen (secondary N) is 1. The van der Waals surface area contributed by atoms with Crippen LogP contribution in [0.2, 0.25) is 0 Å². The van der Waals surface area contributed by atoms with Gasteiger partial charge in [0.2, 0.25) is 0 Å². The summed E-state index contributed by atoms with van der Waals surface area (Å²) in [4.78, 5) is 0. The van der Waals surface area contributed by atoms with Crippen LogP contribution in [0.15, 0.2) is 18.2 Å². The van der Waals surface area contributed by atoms with Crippen molar-refractivity contribution >= 4 is 0 Å². The molecule has 18 heavy (non-hydrogen) atoms. The second-order valence-electron chi connectivity index (χ2n) is 4.48. The minimum absolute atomic E-state index is 0.120. The van der Waals surface area contributed by atoms with Gasteiger partial charge in [0, 0.05) is 12.6 Å². The fraction of sp³-hybridized carbons (Fsp3) is 0.571. The van der Waals surface area contributed by atoms with Crippen LogP contribution in [0.1, 0.15) is 32.4 Å². The van der Waals surface area contributed by atoms with Crippen LogP contribution in [0, 0.1) is 0 Å². The second kappa shape index (κ2) is 7.24. The van der Waals surface area contributed by atoms with Gasteiger partial charge in [0.1, 0.15) is 0 Å². The lowest BCUT2D eigenvalue weighted by molar-refractivity contribution is 0.230. The van der Waals surface area contributed by atoms with Gasteiger partial charge in [0.25, 0.3) is 0 Å². The maximum absolute atomic E-state index is 8.80. The van der Waals surface area contributed by atoms with Gasteiger partial charge in [0.05, 0.1) is 19.8 Å². The Morgan fingerprint density at radius 3 is 2.50 bits per heavy atom. The summed E-state index contributed by atoms with van der Waals surface area (Å²) in [6, 6.07) is 6.06. The van der Waals surface area contributed by atoms with Crippen molar-refractivity contribution in [1.82, 2.24) is 5.32 Å². The van der Waals surface area contributed by atoms with Gasteiger partial charge in [-0.3, -0.25) is 0 Å². The molecule has 1 aromatic rings. The summed E-state index contributed by atoms with van der Waals surface area (Å²) < 4.78 is 11.0. The Balaban J connectivity index is 2.83. The fourth-order valence-corrected chi connectivity index (χ4v) is 1.70. The van der Waals surface area contributed by atoms with Gasteiger partial charge < -0.3 is 19.9 Å². The molecule has 102 valence electrons. The van der Waals surface area contributed by atoms with E-state index in [1.54, 1.807) is 7.11 Å². The van der Waals surface area contributed by atoms with E-state index in [1.165, 1.54) is 0 Å². The largest absolute Gasteiger partial charge is 0.493 e. The zero-order chi connectivity index (χ0) is 13.5. The first kappa shape index (κ1) is 14.8. The molecule has 0 aromatic heterocycles. The van der Waals surface area contributed by atoms with E-state index in [4.69, 9.17) is 14.6 Å². The molecule has 0 spiro atoms. The molecular formula is C14H23NO3. The lowest BCUT2D eigenvalue weighted by atomic mass is 10.1. The molecule has 4 heteroatoms. The molecule has 1 rings (SSSR count). The van der Waals surface area contributed by atoms with Crippen LogP contribution < -0.4 is 14.8 Å². The zero-order valence-electron chi connectivity index (χ0n) is 11.6. The summed E-state index contributed by atoms with van der Waals surface area (Å²) in [5.74, 6) is 1.49. The number of aliphatic hydroxyl groups is 1. The second-order valence-corrected chi connectivity index (χ2v) is 4.48. The average Bonchev–Trinajstić information content (AvgIpc) is 2.35. The molecule has 0 bridgehead atoms. The van der Waals surface area contributed by atoms with Gasteiger partial charge in [-0.15, -0.1) is 0 Å². The van der Waals surface area contributed by atoms with Gasteiger partial charge in [-0.1, -0.05) is 6.07 Å². The van der Waals surface area contributed by atoms with Gasteiger partial charge in [-0.25, -0.2) is 0 Å². The van der Waals surface area contributed by atoms with Crippen molar-refractivity contribution in [3.05, 3.63) is 23.8 Å². The van der Waals surface area contributed by atoms with E-state index < -0.39 is 0 Å². The maximum atomic E-state index is 8.80. The molecule has 0 saturated carbocycles. The molecule has 0 aliphatic heterocycles. The third-order valence-corrected chi connectivity index (χ3v) is 2.61. The van der Waals surface area contributed by atoms with E-state index in [2.05, 4.69) is 5.32 Å². The highest BCUT2D eigenvalue weighted by Gasteiger charge is 2.11. The monoisotopic (exact) mass is 253 g/mol. The summed E-state index contributed by atoms with van der Waals surface area (Å²) in [5.41, 5.74) is 1.11. The van der Waals surface area contributed by atoms with E-state index in [1.807, 2.05) is 39.0 Å². The number of hydrogen-bond acceptors (Lipinski definition) is 4. The normalized spacial score (nSPS) is 12.6. The van der Waals surface area contributed by atoms with Crippen LogP contribution in [0.4, 0.5) is 0 Å². The minimum Gasteiger partial charge on any atom is -0.493 e. The summed E-state index contributed by atoms with van der Waals surface area (Å²) in [6.45, 7) is 6.73. The predicted octanol–water partition coefficient (Wildman–Crippen LogP) is 2.13. The molecule has 2 N–H and O–H groups in total. The van der Waals surface area contributed by atoms with E-state index in [0.717, 1.165) is 17.1 Å². The minimum atomic E-state index is 0.120. The molecule has 1 atom stereocenters. The third-order valence-electron chi connectivity index (χ3n) is 2.61. The Hall–Kier alpha value is -1.26. The van der Waals surface area contributed by atoms with Crippen molar-refractivity contribution < 1.29 is 14.6 Å². The standard InChI is InChI=1S/C14H23NO3/c1-10(2)18-13-6-5-12(9-14(13)17-4)11(3)15-7-8-16/h5-6,9-11,15-16H,7-8H2,1-4H3. The molecule has 0 fully saturated rings. The Morgan fingerprint density at radius 2 is 1.94 bits per heavy atom. The van der Waals surface area contributed by atoms with Crippen molar-refractivity contribution in [2.24, 2.45) is 0 Å². The van der Waals surface area contributed by atoms with E-state index in [-0.39, 0.29) is 18.8 Å². The molecule has 1 aromatic carbocycles. The van der Waals surface area contributed by atoms with Crippen molar-refractivity contribution in [3.8, 4) is 11.5 Å². The summed E-state index contributed by atoms with van der Waals surface area (Å²) >= 11 is 0. The first-order valence-electron chi connectivity index (χ1n) is 6.27. The Bertz CT molecular complexity index is 366. The first-order valence-corrected chi connectivity index (χ1v) is 6.27. The number of benzene rings is 1. The van der Waals surface area contributed by atoms with Gasteiger partial charge in [0.15, 0.2) is 11.5 Å². The molecule has 0 aliphatic rings. The Kier molecular flexibility index (Phi) is 5.95. The van der Waals surface area contributed by atoms with Crippen LogP contribution in [-0.4, -0.2) is 31.5 Å². The van der Waals surface area contributed by atoms with Crippen LogP contribution in [0.3, 0.4) is 0 Å². The van der Waals surface area contributed by atoms with E-state index in [0.29, 0.717) is 6.54 Å². The quantitative estimate of drug-likeness (QED) is 0.781. The number of rotatable bonds is 7. The van der Waals surface area contributed by atoms with E-state index in [9.17, 15) is 0 Å². The topological polar surface area (TPSA) is 50.7 Å². The fourth-order valence-electron chi connectivity index (χ4n) is 1.70. The van der Waals surface area contributed by atoms with Crippen molar-refractivity contribution in [2.45, 2.75) is 32.9 Å². The van der Waals surface area contributed by atoms with E-state index >= 15 is 0 Å². The molecule has 0 amide bonds. The van der Waals surface area contributed by atoms with Crippen LogP contribution in [0.5, 0.6) is 11.5 Å². The van der Waals surface area contributed by atoms with Crippen molar-refractivity contribution in [3.63, 3.8) is 0 Å². The molecule has 0 heterocycles. The summed E-state index contributed by atoms with van der Waals surface area (Å²) in [6.07, 6.45) is 0.120. The maximum Gasteiger partial charge on any atom is 0.161 e. The molecule has 0 radical (unpaired) electrons. The molecule has 0 saturated heterocycles. The van der Waals surface area contributed by atoms with Gasteiger partial charge in [-0.05, 0) is 38.5 Å². The van der Waals surface area contributed by atoms with Gasteiger partial charge >= 0.3 is 0 Å². The predicted molar refractivity (Wildman–Crippen MR) is 72.3 cm³/mol. The third kappa shape index (κ3) is 4.20. The SMILES string of the molecule is COc1cc(C(C)NCCO)ccc1OC(C)C. The highest BCUT2D eigenvalue weighted by atomic mass is 16.5. The Morgan fingerprint density at radius 1 is 1.22 bits per heavy atom. The Labute approximate surface area is 109 Å². The lowest BCUT2D eigenvalue weighted by Gasteiger charge is -2.17. The smallest absolute Gasteiger partial charge is 0.161 e. The number of methoxy groups -OCH3 is 1. The van der Waals surface area contributed by atoms with Gasteiger partial charge in [-0.2, -0.15) is 0 Å². The van der Waals surface area contributed by atoms with Crippen molar-refractivity contribution in [2.75, 3.05) is 20.3 Å². The molecular weight excluding hydrogens is 230 g/mol. The number of ether oxygens (including phenoxy) is 2. The summed E-state index contributed by atoms with van der Waals surface area (Å²) in [5, 5.41) is 12.0. The first-order chi connectivity index (χ1) is 8.58. The number of aliphatic hydroxyl groups excluding tert-OH is 1. The van der Waals surface area contributed by atoms with Crippen molar-refractivity contribution in [1.29, 1.82) is 0 Å². The van der Waals surface area contributed by atoms with Crippen LogP contribution in [0.25, 0.3) is 0 Å². The van der Waals surface area contributed by atoms with Crippen LogP contribution >= 0.6 is 0 Å². The molecule has 0 aliphatic carbocycles. The number of hydrogen-bond donors (Lipinski definition) is 2. The highest BCUT2D eigenvalue weighted by molar-refractivity contribution is 5.43.